The van der Waals surface area contributed by atoms with Gasteiger partial charge in [0.2, 0.25) is 5.91 Å². The molecule has 21 heavy (non-hydrogen) atoms. The van der Waals surface area contributed by atoms with Crippen molar-refractivity contribution in [2.45, 2.75) is 25.4 Å². The average Bonchev–Trinajstić information content (AvgIpc) is 3.17. The lowest BCUT2D eigenvalue weighted by Gasteiger charge is -2.24. The van der Waals surface area contributed by atoms with Gasteiger partial charge in [-0.3, -0.25) is 9.69 Å². The fraction of sp³-hybridized carbons (Fsp3) is 0.353. The summed E-state index contributed by atoms with van der Waals surface area (Å²) in [4.78, 5) is 15.6. The molecular formula is C17H20N2OS. The van der Waals surface area contributed by atoms with Gasteiger partial charge in [0.25, 0.3) is 0 Å². The van der Waals surface area contributed by atoms with Crippen LogP contribution in [0.1, 0.15) is 29.3 Å². The number of likely N-dealkylation sites (tertiary alicyclic amines) is 1. The Bertz CT molecular complexity index is 568. The smallest absolute Gasteiger partial charge is 0.234 e. The molecule has 1 aliphatic heterocycles. The van der Waals surface area contributed by atoms with Crippen molar-refractivity contribution in [3.63, 3.8) is 0 Å². The van der Waals surface area contributed by atoms with Crippen LogP contribution in [0.3, 0.4) is 0 Å². The molecule has 3 rings (SSSR count). The molecule has 1 amide bonds. The molecule has 0 aliphatic carbocycles. The van der Waals surface area contributed by atoms with Gasteiger partial charge in [0.1, 0.15) is 0 Å². The Morgan fingerprint density at radius 2 is 2.10 bits per heavy atom. The van der Waals surface area contributed by atoms with E-state index >= 15 is 0 Å². The second-order valence-electron chi connectivity index (χ2n) is 5.40. The Morgan fingerprint density at radius 3 is 2.86 bits per heavy atom. The van der Waals surface area contributed by atoms with Crippen LogP contribution in [0.15, 0.2) is 47.8 Å². The van der Waals surface area contributed by atoms with Gasteiger partial charge in [-0.15, -0.1) is 11.3 Å². The van der Waals surface area contributed by atoms with E-state index in [1.54, 1.807) is 11.3 Å². The first-order chi connectivity index (χ1) is 10.3. The van der Waals surface area contributed by atoms with Crippen molar-refractivity contribution in [3.05, 3.63) is 58.3 Å². The molecule has 2 aromatic rings. The van der Waals surface area contributed by atoms with E-state index in [2.05, 4.69) is 34.5 Å². The Morgan fingerprint density at radius 1 is 1.24 bits per heavy atom. The summed E-state index contributed by atoms with van der Waals surface area (Å²) in [6, 6.07) is 14.9. The van der Waals surface area contributed by atoms with Crippen LogP contribution in [-0.4, -0.2) is 23.9 Å². The summed E-state index contributed by atoms with van der Waals surface area (Å²) in [5, 5.41) is 5.05. The molecule has 110 valence electrons. The van der Waals surface area contributed by atoms with E-state index in [0.717, 1.165) is 19.4 Å². The van der Waals surface area contributed by atoms with Crippen LogP contribution < -0.4 is 5.32 Å². The number of amides is 1. The molecule has 0 bridgehead atoms. The maximum atomic E-state index is 12.1. The Kier molecular flexibility index (Phi) is 4.68. The Labute approximate surface area is 129 Å². The Balaban J connectivity index is 1.55. The van der Waals surface area contributed by atoms with Crippen LogP contribution in [-0.2, 0) is 11.3 Å². The van der Waals surface area contributed by atoms with E-state index in [1.807, 2.05) is 23.6 Å². The van der Waals surface area contributed by atoms with Gasteiger partial charge < -0.3 is 5.32 Å². The van der Waals surface area contributed by atoms with Crippen LogP contribution in [0.25, 0.3) is 0 Å². The lowest BCUT2D eigenvalue weighted by molar-refractivity contribution is -0.122. The molecule has 1 unspecified atom stereocenters. The van der Waals surface area contributed by atoms with Crippen molar-refractivity contribution in [2.24, 2.45) is 0 Å². The highest BCUT2D eigenvalue weighted by Gasteiger charge is 2.27. The largest absolute Gasteiger partial charge is 0.350 e. The number of thiophene rings is 1. The Hall–Kier alpha value is -1.65. The zero-order valence-electron chi connectivity index (χ0n) is 12.0. The van der Waals surface area contributed by atoms with Crippen LogP contribution in [0, 0.1) is 0 Å². The third kappa shape index (κ3) is 3.71. The number of benzene rings is 1. The highest BCUT2D eigenvalue weighted by Crippen LogP contribution is 2.31. The minimum atomic E-state index is 0.117. The summed E-state index contributed by atoms with van der Waals surface area (Å²) in [6.45, 7) is 2.14. The summed E-state index contributed by atoms with van der Waals surface area (Å²) in [7, 11) is 0. The van der Waals surface area contributed by atoms with Gasteiger partial charge in [0, 0.05) is 10.9 Å². The molecule has 1 N–H and O–H groups in total. The van der Waals surface area contributed by atoms with Crippen LogP contribution in [0.2, 0.25) is 0 Å². The molecule has 3 nitrogen and oxygen atoms in total. The standard InChI is InChI=1S/C17H20N2OS/c20-17(18-12-15-8-5-11-21-15)13-19-10-4-9-16(19)14-6-2-1-3-7-14/h1-3,5-8,11,16H,4,9-10,12-13H2,(H,18,20). The van der Waals surface area contributed by atoms with E-state index in [4.69, 9.17) is 0 Å². The van der Waals surface area contributed by atoms with Crippen molar-refractivity contribution in [1.82, 2.24) is 10.2 Å². The van der Waals surface area contributed by atoms with Crippen molar-refractivity contribution in [3.8, 4) is 0 Å². The molecule has 4 heteroatoms. The molecule has 0 spiro atoms. The first kappa shape index (κ1) is 14.3. The number of nitrogens with one attached hydrogen (secondary N) is 1. The average molecular weight is 300 g/mol. The molecule has 1 saturated heterocycles. The van der Waals surface area contributed by atoms with Crippen LogP contribution in [0.4, 0.5) is 0 Å². The second-order valence-corrected chi connectivity index (χ2v) is 6.43. The molecule has 0 saturated carbocycles. The molecular weight excluding hydrogens is 280 g/mol. The van der Waals surface area contributed by atoms with E-state index in [1.165, 1.54) is 10.4 Å². The second kappa shape index (κ2) is 6.87. The molecule has 2 heterocycles. The fourth-order valence-corrected chi connectivity index (χ4v) is 3.55. The molecule has 1 aliphatic rings. The van der Waals surface area contributed by atoms with Gasteiger partial charge in [0.05, 0.1) is 13.1 Å². The fourth-order valence-electron chi connectivity index (χ4n) is 2.91. The summed E-state index contributed by atoms with van der Waals surface area (Å²) in [5.41, 5.74) is 1.32. The first-order valence-corrected chi connectivity index (χ1v) is 8.29. The van der Waals surface area contributed by atoms with E-state index in [9.17, 15) is 4.79 Å². The monoisotopic (exact) mass is 300 g/mol. The van der Waals surface area contributed by atoms with Crippen LogP contribution >= 0.6 is 11.3 Å². The molecule has 0 radical (unpaired) electrons. The maximum Gasteiger partial charge on any atom is 0.234 e. The summed E-state index contributed by atoms with van der Waals surface area (Å²) in [6.07, 6.45) is 2.31. The quantitative estimate of drug-likeness (QED) is 0.919. The number of nitrogens with zero attached hydrogens (tertiary/aromatic N) is 1. The number of hydrogen-bond donors (Lipinski definition) is 1. The molecule has 1 fully saturated rings. The lowest BCUT2D eigenvalue weighted by Crippen LogP contribution is -2.36. The highest BCUT2D eigenvalue weighted by molar-refractivity contribution is 7.09. The first-order valence-electron chi connectivity index (χ1n) is 7.41. The van der Waals surface area contributed by atoms with Gasteiger partial charge in [0.15, 0.2) is 0 Å². The zero-order chi connectivity index (χ0) is 14.5. The molecule has 1 aromatic heterocycles. The molecule has 1 aromatic carbocycles. The van der Waals surface area contributed by atoms with Crippen molar-refractivity contribution in [2.75, 3.05) is 13.1 Å². The van der Waals surface area contributed by atoms with Gasteiger partial charge in [-0.1, -0.05) is 36.4 Å². The van der Waals surface area contributed by atoms with Crippen LogP contribution in [0.5, 0.6) is 0 Å². The SMILES string of the molecule is O=C(CN1CCCC1c1ccccc1)NCc1cccs1. The number of carbonyl (C=O) groups excluding carboxylic acids is 1. The van der Waals surface area contributed by atoms with Gasteiger partial charge in [-0.2, -0.15) is 0 Å². The predicted octanol–water partition coefficient (Wildman–Crippen LogP) is 3.20. The summed E-state index contributed by atoms with van der Waals surface area (Å²) >= 11 is 1.68. The third-order valence-electron chi connectivity index (χ3n) is 3.93. The summed E-state index contributed by atoms with van der Waals surface area (Å²) < 4.78 is 0. The summed E-state index contributed by atoms with van der Waals surface area (Å²) in [5.74, 6) is 0.117. The van der Waals surface area contributed by atoms with Crippen molar-refractivity contribution >= 4 is 17.2 Å². The van der Waals surface area contributed by atoms with Crippen molar-refractivity contribution in [1.29, 1.82) is 0 Å². The van der Waals surface area contributed by atoms with E-state index < -0.39 is 0 Å². The third-order valence-corrected chi connectivity index (χ3v) is 4.81. The minimum absolute atomic E-state index is 0.117. The molecule has 1 atom stereocenters. The van der Waals surface area contributed by atoms with Gasteiger partial charge >= 0.3 is 0 Å². The number of rotatable bonds is 5. The lowest BCUT2D eigenvalue weighted by atomic mass is 10.0. The normalized spacial score (nSPS) is 18.8. The zero-order valence-corrected chi connectivity index (χ0v) is 12.8. The predicted molar refractivity (Wildman–Crippen MR) is 86.2 cm³/mol. The maximum absolute atomic E-state index is 12.1. The van der Waals surface area contributed by atoms with Gasteiger partial charge in [-0.25, -0.2) is 0 Å². The number of carbonyl (C=O) groups is 1. The van der Waals surface area contributed by atoms with E-state index in [-0.39, 0.29) is 5.91 Å². The van der Waals surface area contributed by atoms with Gasteiger partial charge in [-0.05, 0) is 36.4 Å². The topological polar surface area (TPSA) is 32.3 Å². The minimum Gasteiger partial charge on any atom is -0.350 e. The van der Waals surface area contributed by atoms with E-state index in [0.29, 0.717) is 19.1 Å². The number of hydrogen-bond acceptors (Lipinski definition) is 3. The highest BCUT2D eigenvalue weighted by atomic mass is 32.1. The van der Waals surface area contributed by atoms with Crippen molar-refractivity contribution < 1.29 is 4.79 Å².